The van der Waals surface area contributed by atoms with E-state index in [1.807, 2.05) is 4.90 Å². The number of amides is 3. The number of imidazole rings is 1. The number of hydrogen-bond acceptors (Lipinski definition) is 10. The van der Waals surface area contributed by atoms with E-state index in [1.54, 1.807) is 52.2 Å². The Hall–Kier alpha value is -5.21. The van der Waals surface area contributed by atoms with Gasteiger partial charge in [0.05, 0.1) is 24.5 Å². The Labute approximate surface area is 232 Å². The van der Waals surface area contributed by atoms with E-state index in [1.165, 1.54) is 17.2 Å². The van der Waals surface area contributed by atoms with Crippen molar-refractivity contribution in [2.45, 2.75) is 6.10 Å². The summed E-state index contributed by atoms with van der Waals surface area (Å²) in [5.74, 6) is -0.543. The van der Waals surface area contributed by atoms with Crippen LogP contribution in [0.1, 0.15) is 10.5 Å². The highest BCUT2D eigenvalue weighted by Gasteiger charge is 2.34. The largest absolute Gasteiger partial charge is 0.471 e. The molecule has 4 aromatic rings. The Bertz CT molecular complexity index is 1540. The number of aromatic nitrogens is 4. The number of nitrogens with one attached hydrogen (secondary N) is 1. The second-order valence-electron chi connectivity index (χ2n) is 9.40. The number of benzene rings is 1. The standard InChI is InChI=1S/C26H25FN8O6/c27-19-12-17(35-14-18(41-26(35)38)16-39-22-4-11-40-31-22)2-3-21(19)32-7-9-33(10-8-32)23(36)13-29-24(37)20-15-34-6-1-5-28-25(34)30-20/h1-6,11-12,15,18H,7-10,13-14,16H2,(H,29,37)/t18-/m1/s1. The van der Waals surface area contributed by atoms with E-state index >= 15 is 4.39 Å². The molecule has 14 nitrogen and oxygen atoms in total. The summed E-state index contributed by atoms with van der Waals surface area (Å²) in [5, 5.41) is 6.24. The maximum Gasteiger partial charge on any atom is 0.414 e. The molecular weight excluding hydrogens is 539 g/mol. The van der Waals surface area contributed by atoms with Gasteiger partial charge in [0.1, 0.15) is 24.4 Å². The molecule has 3 aromatic heterocycles. The van der Waals surface area contributed by atoms with Gasteiger partial charge < -0.3 is 29.1 Å². The Morgan fingerprint density at radius 3 is 2.78 bits per heavy atom. The van der Waals surface area contributed by atoms with Crippen LogP contribution in [0.4, 0.5) is 20.6 Å². The lowest BCUT2D eigenvalue weighted by atomic mass is 10.2. The molecule has 0 aliphatic carbocycles. The number of carbonyl (C=O) groups is 3. The molecule has 0 radical (unpaired) electrons. The summed E-state index contributed by atoms with van der Waals surface area (Å²) in [7, 11) is 0. The lowest BCUT2D eigenvalue weighted by molar-refractivity contribution is -0.130. The fourth-order valence-corrected chi connectivity index (χ4v) is 4.69. The van der Waals surface area contributed by atoms with Gasteiger partial charge in [-0.25, -0.2) is 19.2 Å². The highest BCUT2D eigenvalue weighted by Crippen LogP contribution is 2.29. The van der Waals surface area contributed by atoms with E-state index in [0.29, 0.717) is 43.3 Å². The van der Waals surface area contributed by atoms with Crippen molar-refractivity contribution >= 4 is 35.1 Å². The van der Waals surface area contributed by atoms with Gasteiger partial charge in [0.15, 0.2) is 6.10 Å². The molecule has 0 unspecified atom stereocenters. The Kier molecular flexibility index (Phi) is 7.06. The van der Waals surface area contributed by atoms with Gasteiger partial charge in [-0.2, -0.15) is 0 Å². The van der Waals surface area contributed by atoms with Crippen molar-refractivity contribution in [3.8, 4) is 5.88 Å². The average Bonchev–Trinajstić information content (AvgIpc) is 3.74. The predicted molar refractivity (Wildman–Crippen MR) is 140 cm³/mol. The monoisotopic (exact) mass is 564 g/mol. The van der Waals surface area contributed by atoms with Gasteiger partial charge in [0, 0.05) is 50.8 Å². The highest BCUT2D eigenvalue weighted by atomic mass is 19.1. The molecular formula is C26H25FN8O6. The number of anilines is 2. The van der Waals surface area contributed by atoms with Crippen LogP contribution in [-0.2, 0) is 9.53 Å². The van der Waals surface area contributed by atoms with Crippen molar-refractivity contribution in [3.63, 3.8) is 0 Å². The van der Waals surface area contributed by atoms with Crippen LogP contribution in [0, 0.1) is 5.82 Å². The average molecular weight is 565 g/mol. The minimum absolute atomic E-state index is 0.0834. The van der Waals surface area contributed by atoms with Crippen molar-refractivity contribution < 1.29 is 32.8 Å². The fourth-order valence-electron chi connectivity index (χ4n) is 4.69. The van der Waals surface area contributed by atoms with Crippen LogP contribution in [0.15, 0.2) is 59.7 Å². The summed E-state index contributed by atoms with van der Waals surface area (Å²) in [6, 6.07) is 7.82. The van der Waals surface area contributed by atoms with Crippen LogP contribution in [0.2, 0.25) is 0 Å². The van der Waals surface area contributed by atoms with Crippen molar-refractivity contribution in [1.29, 1.82) is 0 Å². The highest BCUT2D eigenvalue weighted by molar-refractivity contribution is 5.95. The molecule has 2 aliphatic heterocycles. The van der Waals surface area contributed by atoms with Crippen LogP contribution < -0.4 is 19.9 Å². The first kappa shape index (κ1) is 26.0. The van der Waals surface area contributed by atoms with E-state index in [0.717, 1.165) is 0 Å². The molecule has 5 heterocycles. The number of rotatable bonds is 8. The molecule has 212 valence electrons. The van der Waals surface area contributed by atoms with Crippen LogP contribution in [0.25, 0.3) is 5.78 Å². The molecule has 15 heteroatoms. The molecule has 2 fully saturated rings. The smallest absolute Gasteiger partial charge is 0.414 e. The molecule has 1 atom stereocenters. The van der Waals surface area contributed by atoms with E-state index in [4.69, 9.17) is 14.0 Å². The third-order valence-electron chi connectivity index (χ3n) is 6.79. The zero-order chi connectivity index (χ0) is 28.3. The number of ether oxygens (including phenoxy) is 2. The topological polar surface area (TPSA) is 148 Å². The van der Waals surface area contributed by atoms with Gasteiger partial charge in [0.2, 0.25) is 11.7 Å². The summed E-state index contributed by atoms with van der Waals surface area (Å²) in [6.07, 6.45) is 5.07. The Balaban J connectivity index is 0.991. The maximum atomic E-state index is 15.1. The summed E-state index contributed by atoms with van der Waals surface area (Å²) < 4.78 is 32.2. The third-order valence-corrected chi connectivity index (χ3v) is 6.79. The van der Waals surface area contributed by atoms with Crippen molar-refractivity contribution in [2.75, 3.05) is 55.7 Å². The number of fused-ring (bicyclic) bond motifs is 1. The second-order valence-corrected chi connectivity index (χ2v) is 9.40. The van der Waals surface area contributed by atoms with E-state index in [9.17, 15) is 14.4 Å². The SMILES string of the molecule is O=C(NCC(=O)N1CCN(c2ccc(N3C[C@H](COc4ccon4)OC3=O)cc2F)CC1)c1cn2cccnc2n1. The van der Waals surface area contributed by atoms with Gasteiger partial charge >= 0.3 is 6.09 Å². The van der Waals surface area contributed by atoms with E-state index in [2.05, 4.69) is 20.4 Å². The maximum absolute atomic E-state index is 15.1. The number of carbonyl (C=O) groups excluding carboxylic acids is 3. The first-order valence-corrected chi connectivity index (χ1v) is 12.9. The van der Waals surface area contributed by atoms with Crippen LogP contribution >= 0.6 is 0 Å². The van der Waals surface area contributed by atoms with Crippen molar-refractivity contribution in [2.24, 2.45) is 0 Å². The summed E-state index contributed by atoms with van der Waals surface area (Å²) >= 11 is 0. The fraction of sp³-hybridized carbons (Fsp3) is 0.308. The van der Waals surface area contributed by atoms with Crippen LogP contribution in [-0.4, -0.2) is 94.3 Å². The number of nitrogens with zero attached hydrogens (tertiary/aromatic N) is 7. The number of piperazine rings is 1. The minimum Gasteiger partial charge on any atom is -0.471 e. The van der Waals surface area contributed by atoms with E-state index < -0.39 is 23.9 Å². The predicted octanol–water partition coefficient (Wildman–Crippen LogP) is 1.34. The van der Waals surface area contributed by atoms with Gasteiger partial charge in [-0.05, 0) is 29.4 Å². The zero-order valence-electron chi connectivity index (χ0n) is 21.7. The summed E-state index contributed by atoms with van der Waals surface area (Å²) in [4.78, 5) is 50.5. The van der Waals surface area contributed by atoms with Crippen molar-refractivity contribution in [3.05, 3.63) is 66.7 Å². The van der Waals surface area contributed by atoms with Gasteiger partial charge in [-0.15, -0.1) is 0 Å². The minimum atomic E-state index is -0.594. The first-order chi connectivity index (χ1) is 19.9. The van der Waals surface area contributed by atoms with Crippen LogP contribution in [0.3, 0.4) is 0 Å². The molecule has 0 saturated carbocycles. The molecule has 0 bridgehead atoms. The summed E-state index contributed by atoms with van der Waals surface area (Å²) in [6.45, 7) is 1.63. The number of hydrogen-bond donors (Lipinski definition) is 1. The molecule has 1 N–H and O–H groups in total. The van der Waals surface area contributed by atoms with Gasteiger partial charge in [0.25, 0.3) is 11.8 Å². The van der Waals surface area contributed by atoms with Gasteiger partial charge in [-0.3, -0.25) is 18.9 Å². The lowest BCUT2D eigenvalue weighted by Gasteiger charge is -2.36. The molecule has 2 aliphatic rings. The molecule has 2 saturated heterocycles. The number of halogens is 1. The quantitative estimate of drug-likeness (QED) is 0.332. The van der Waals surface area contributed by atoms with E-state index in [-0.39, 0.29) is 37.2 Å². The first-order valence-electron chi connectivity index (χ1n) is 12.9. The zero-order valence-corrected chi connectivity index (χ0v) is 21.7. The molecule has 1 aromatic carbocycles. The molecule has 0 spiro atoms. The lowest BCUT2D eigenvalue weighted by Crippen LogP contribution is -2.51. The molecule has 3 amide bonds. The summed E-state index contributed by atoms with van der Waals surface area (Å²) in [5.41, 5.74) is 0.900. The Morgan fingerprint density at radius 1 is 1.17 bits per heavy atom. The van der Waals surface area contributed by atoms with Crippen molar-refractivity contribution in [1.82, 2.24) is 29.7 Å². The van der Waals surface area contributed by atoms with Gasteiger partial charge in [-0.1, -0.05) is 0 Å². The molecule has 41 heavy (non-hydrogen) atoms. The Morgan fingerprint density at radius 2 is 2.02 bits per heavy atom. The normalized spacial score (nSPS) is 17.1. The molecule has 6 rings (SSSR count). The third kappa shape index (κ3) is 5.59. The second kappa shape index (κ2) is 11.1. The number of cyclic esters (lactones) is 1. The van der Waals surface area contributed by atoms with Crippen LogP contribution in [0.5, 0.6) is 5.88 Å².